The minimum Gasteiger partial charge on any atom is -0.369 e. The first kappa shape index (κ1) is 17.2. The number of benzene rings is 2. The summed E-state index contributed by atoms with van der Waals surface area (Å²) < 4.78 is 0. The Labute approximate surface area is 149 Å². The van der Waals surface area contributed by atoms with E-state index in [9.17, 15) is 4.79 Å². The standard InChI is InChI=1S/C21H25N3O/c1-2-21(25)22-19-8-6-7-18(17-19)11-12-23-13-15-24(16-14-23)20-9-4-3-5-10-20/h2-10,17H,1,11-16H2,(H,22,25). The fourth-order valence-electron chi connectivity index (χ4n) is 3.15. The van der Waals surface area contributed by atoms with Crippen LogP contribution in [-0.2, 0) is 11.2 Å². The van der Waals surface area contributed by atoms with Crippen molar-refractivity contribution in [3.05, 3.63) is 72.8 Å². The summed E-state index contributed by atoms with van der Waals surface area (Å²) in [6.07, 6.45) is 2.28. The number of anilines is 2. The number of carbonyl (C=O) groups excluding carboxylic acids is 1. The molecule has 0 atom stereocenters. The maximum absolute atomic E-state index is 11.4. The molecule has 4 heteroatoms. The maximum Gasteiger partial charge on any atom is 0.247 e. The van der Waals surface area contributed by atoms with Crippen molar-refractivity contribution in [2.24, 2.45) is 0 Å². The Kier molecular flexibility index (Phi) is 5.86. The average Bonchev–Trinajstić information content (AvgIpc) is 2.68. The number of amides is 1. The van der Waals surface area contributed by atoms with Gasteiger partial charge in [0, 0.05) is 44.1 Å². The van der Waals surface area contributed by atoms with Gasteiger partial charge in [-0.1, -0.05) is 36.9 Å². The lowest BCUT2D eigenvalue weighted by atomic mass is 10.1. The van der Waals surface area contributed by atoms with Gasteiger partial charge < -0.3 is 10.2 Å². The number of para-hydroxylation sites is 1. The molecule has 3 rings (SSSR count). The minimum atomic E-state index is -0.172. The summed E-state index contributed by atoms with van der Waals surface area (Å²) >= 11 is 0. The lowest BCUT2D eigenvalue weighted by Gasteiger charge is -2.36. The van der Waals surface area contributed by atoms with Gasteiger partial charge in [0.25, 0.3) is 0 Å². The molecule has 2 aromatic rings. The van der Waals surface area contributed by atoms with E-state index in [-0.39, 0.29) is 5.91 Å². The van der Waals surface area contributed by atoms with Gasteiger partial charge in [0.15, 0.2) is 0 Å². The monoisotopic (exact) mass is 335 g/mol. The molecule has 4 nitrogen and oxygen atoms in total. The van der Waals surface area contributed by atoms with E-state index in [0.29, 0.717) is 0 Å². The highest BCUT2D eigenvalue weighted by Crippen LogP contribution is 2.16. The summed E-state index contributed by atoms with van der Waals surface area (Å²) in [5.74, 6) is -0.172. The number of piperazine rings is 1. The van der Waals surface area contributed by atoms with Crippen molar-refractivity contribution >= 4 is 17.3 Å². The van der Waals surface area contributed by atoms with Crippen LogP contribution in [0.25, 0.3) is 0 Å². The van der Waals surface area contributed by atoms with Gasteiger partial charge in [0.05, 0.1) is 0 Å². The Morgan fingerprint density at radius 2 is 1.80 bits per heavy atom. The quantitative estimate of drug-likeness (QED) is 0.824. The molecule has 0 aliphatic carbocycles. The van der Waals surface area contributed by atoms with Crippen LogP contribution >= 0.6 is 0 Å². The number of carbonyl (C=O) groups is 1. The highest BCUT2D eigenvalue weighted by atomic mass is 16.1. The number of hydrogen-bond acceptors (Lipinski definition) is 3. The summed E-state index contributed by atoms with van der Waals surface area (Å²) in [6.45, 7) is 8.83. The zero-order valence-corrected chi connectivity index (χ0v) is 14.5. The van der Waals surface area contributed by atoms with Gasteiger partial charge in [-0.15, -0.1) is 0 Å². The van der Waals surface area contributed by atoms with E-state index in [1.807, 2.05) is 18.2 Å². The maximum atomic E-state index is 11.4. The van der Waals surface area contributed by atoms with E-state index in [2.05, 4.69) is 58.1 Å². The topological polar surface area (TPSA) is 35.6 Å². The fourth-order valence-corrected chi connectivity index (χ4v) is 3.15. The Hall–Kier alpha value is -2.59. The van der Waals surface area contributed by atoms with E-state index in [1.165, 1.54) is 17.3 Å². The van der Waals surface area contributed by atoms with E-state index in [4.69, 9.17) is 0 Å². The second-order valence-corrected chi connectivity index (χ2v) is 6.31. The van der Waals surface area contributed by atoms with E-state index in [1.54, 1.807) is 0 Å². The molecule has 0 bridgehead atoms. The molecule has 25 heavy (non-hydrogen) atoms. The third kappa shape index (κ3) is 4.94. The third-order valence-electron chi connectivity index (χ3n) is 4.59. The first-order chi connectivity index (χ1) is 12.2. The van der Waals surface area contributed by atoms with Crippen molar-refractivity contribution in [2.45, 2.75) is 6.42 Å². The largest absolute Gasteiger partial charge is 0.369 e. The molecule has 1 N–H and O–H groups in total. The summed E-state index contributed by atoms with van der Waals surface area (Å²) in [7, 11) is 0. The van der Waals surface area contributed by atoms with Gasteiger partial charge in [-0.25, -0.2) is 0 Å². The molecule has 130 valence electrons. The Balaban J connectivity index is 1.48. The number of hydrogen-bond donors (Lipinski definition) is 1. The molecular formula is C21H25N3O. The zero-order chi connectivity index (χ0) is 17.5. The Morgan fingerprint density at radius 1 is 1.04 bits per heavy atom. The van der Waals surface area contributed by atoms with Crippen molar-refractivity contribution in [3.8, 4) is 0 Å². The van der Waals surface area contributed by atoms with Gasteiger partial charge in [-0.2, -0.15) is 0 Å². The molecule has 1 heterocycles. The molecule has 1 aliphatic heterocycles. The summed E-state index contributed by atoms with van der Waals surface area (Å²) in [6, 6.07) is 18.7. The van der Waals surface area contributed by atoms with Crippen LogP contribution < -0.4 is 10.2 Å². The van der Waals surface area contributed by atoms with Gasteiger partial charge in [0.2, 0.25) is 5.91 Å². The second-order valence-electron chi connectivity index (χ2n) is 6.31. The molecule has 1 fully saturated rings. The van der Waals surface area contributed by atoms with Crippen molar-refractivity contribution in [3.63, 3.8) is 0 Å². The lowest BCUT2D eigenvalue weighted by Crippen LogP contribution is -2.46. The first-order valence-corrected chi connectivity index (χ1v) is 8.79. The van der Waals surface area contributed by atoms with Crippen LogP contribution in [0.2, 0.25) is 0 Å². The summed E-state index contributed by atoms with van der Waals surface area (Å²) in [5.41, 5.74) is 3.39. The Morgan fingerprint density at radius 3 is 2.52 bits per heavy atom. The van der Waals surface area contributed by atoms with Crippen LogP contribution in [0.15, 0.2) is 67.3 Å². The van der Waals surface area contributed by atoms with Gasteiger partial charge in [0.1, 0.15) is 0 Å². The van der Waals surface area contributed by atoms with Gasteiger partial charge >= 0.3 is 0 Å². The number of nitrogens with zero attached hydrogens (tertiary/aromatic N) is 2. The number of rotatable bonds is 6. The first-order valence-electron chi connectivity index (χ1n) is 8.79. The normalized spacial score (nSPS) is 15.0. The molecule has 2 aromatic carbocycles. The van der Waals surface area contributed by atoms with Gasteiger partial charge in [-0.3, -0.25) is 9.69 Å². The molecule has 0 spiro atoms. The Bertz CT molecular complexity index is 706. The molecule has 1 aliphatic rings. The lowest BCUT2D eigenvalue weighted by molar-refractivity contribution is -0.111. The minimum absolute atomic E-state index is 0.172. The van der Waals surface area contributed by atoms with E-state index < -0.39 is 0 Å². The number of nitrogens with one attached hydrogen (secondary N) is 1. The molecule has 1 amide bonds. The van der Waals surface area contributed by atoms with E-state index in [0.717, 1.165) is 44.8 Å². The predicted molar refractivity (Wildman–Crippen MR) is 104 cm³/mol. The molecule has 1 saturated heterocycles. The zero-order valence-electron chi connectivity index (χ0n) is 14.5. The van der Waals surface area contributed by atoms with Crippen LogP contribution in [0.3, 0.4) is 0 Å². The van der Waals surface area contributed by atoms with Crippen LogP contribution in [0, 0.1) is 0 Å². The van der Waals surface area contributed by atoms with Crippen LogP contribution in [0.1, 0.15) is 5.56 Å². The van der Waals surface area contributed by atoms with Crippen LogP contribution in [0.5, 0.6) is 0 Å². The van der Waals surface area contributed by atoms with Crippen molar-refractivity contribution in [1.82, 2.24) is 4.90 Å². The fraction of sp³-hybridized carbons (Fsp3) is 0.286. The highest BCUT2D eigenvalue weighted by molar-refractivity contribution is 5.98. The molecule has 0 unspecified atom stereocenters. The van der Waals surface area contributed by atoms with E-state index >= 15 is 0 Å². The van der Waals surface area contributed by atoms with Crippen LogP contribution in [0.4, 0.5) is 11.4 Å². The van der Waals surface area contributed by atoms with Crippen LogP contribution in [-0.4, -0.2) is 43.5 Å². The molecule has 0 aromatic heterocycles. The smallest absolute Gasteiger partial charge is 0.247 e. The van der Waals surface area contributed by atoms with Crippen molar-refractivity contribution < 1.29 is 4.79 Å². The second kappa shape index (κ2) is 8.49. The highest BCUT2D eigenvalue weighted by Gasteiger charge is 2.16. The molecule has 0 radical (unpaired) electrons. The SMILES string of the molecule is C=CC(=O)Nc1cccc(CCN2CCN(c3ccccc3)CC2)c1. The summed E-state index contributed by atoms with van der Waals surface area (Å²) in [4.78, 5) is 16.4. The molecular weight excluding hydrogens is 310 g/mol. The third-order valence-corrected chi connectivity index (χ3v) is 4.59. The summed E-state index contributed by atoms with van der Waals surface area (Å²) in [5, 5.41) is 2.82. The van der Waals surface area contributed by atoms with Crippen molar-refractivity contribution in [1.29, 1.82) is 0 Å². The average molecular weight is 335 g/mol. The predicted octanol–water partition coefficient (Wildman–Crippen LogP) is 3.18. The van der Waals surface area contributed by atoms with Crippen molar-refractivity contribution in [2.75, 3.05) is 42.9 Å². The molecule has 0 saturated carbocycles. The van der Waals surface area contributed by atoms with Gasteiger partial charge in [-0.05, 0) is 42.3 Å².